The smallest absolute Gasteiger partial charge is 0.340 e. The predicted molar refractivity (Wildman–Crippen MR) is 109 cm³/mol. The molecule has 7 heteroatoms. The highest BCUT2D eigenvalue weighted by Gasteiger charge is 2.22. The van der Waals surface area contributed by atoms with E-state index in [1.165, 1.54) is 7.11 Å². The number of aromatic nitrogens is 1. The molecule has 1 amide bonds. The first-order chi connectivity index (χ1) is 14.0. The van der Waals surface area contributed by atoms with Crippen LogP contribution in [0.25, 0.3) is 10.9 Å². The van der Waals surface area contributed by atoms with E-state index in [0.717, 1.165) is 10.9 Å². The first-order valence-corrected chi connectivity index (χ1v) is 9.22. The van der Waals surface area contributed by atoms with E-state index in [2.05, 4.69) is 5.32 Å². The number of carbonyl (C=O) groups excluding carboxylic acids is 3. The molecular formula is C22H22N2O5. The van der Waals surface area contributed by atoms with Crippen LogP contribution < -0.4 is 5.32 Å². The standard InChI is InChI=1S/C22H22N2O5/c1-4-29-21(26)15-9-11-16(12-10-15)23-20(25)14(2)24-13-18(22(27)28-3)17-7-5-6-8-19(17)24/h5-14H,4H2,1-3H3,(H,23,25)/t14-/m1/s1. The number of hydrogen-bond acceptors (Lipinski definition) is 5. The molecule has 0 saturated heterocycles. The van der Waals surface area contributed by atoms with E-state index in [1.807, 2.05) is 24.3 Å². The molecule has 0 saturated carbocycles. The Hall–Kier alpha value is -3.61. The topological polar surface area (TPSA) is 86.6 Å². The molecule has 0 spiro atoms. The number of benzene rings is 2. The van der Waals surface area contributed by atoms with Gasteiger partial charge in [-0.05, 0) is 44.2 Å². The number of anilines is 1. The van der Waals surface area contributed by atoms with Crippen LogP contribution in [-0.2, 0) is 14.3 Å². The number of rotatable bonds is 6. The first-order valence-electron chi connectivity index (χ1n) is 9.22. The average Bonchev–Trinajstić information content (AvgIpc) is 3.13. The number of nitrogens with zero attached hydrogens (tertiary/aromatic N) is 1. The lowest BCUT2D eigenvalue weighted by atomic mass is 10.2. The van der Waals surface area contributed by atoms with Crippen molar-refractivity contribution in [2.75, 3.05) is 19.0 Å². The number of fused-ring (bicyclic) bond motifs is 1. The molecule has 3 aromatic rings. The van der Waals surface area contributed by atoms with E-state index in [0.29, 0.717) is 23.4 Å². The summed E-state index contributed by atoms with van der Waals surface area (Å²) in [6, 6.07) is 13.2. The van der Waals surface area contributed by atoms with Crippen molar-refractivity contribution in [2.24, 2.45) is 0 Å². The Balaban J connectivity index is 1.82. The Bertz CT molecular complexity index is 1050. The van der Waals surface area contributed by atoms with Crippen LogP contribution in [-0.4, -0.2) is 36.1 Å². The van der Waals surface area contributed by atoms with E-state index >= 15 is 0 Å². The van der Waals surface area contributed by atoms with E-state index in [4.69, 9.17) is 9.47 Å². The van der Waals surface area contributed by atoms with Gasteiger partial charge in [-0.1, -0.05) is 18.2 Å². The van der Waals surface area contributed by atoms with E-state index < -0.39 is 18.0 Å². The van der Waals surface area contributed by atoms with Crippen molar-refractivity contribution in [1.29, 1.82) is 0 Å². The molecule has 0 aliphatic rings. The molecule has 0 bridgehead atoms. The van der Waals surface area contributed by atoms with Crippen LogP contribution in [0.15, 0.2) is 54.7 Å². The molecule has 1 N–H and O–H groups in total. The van der Waals surface area contributed by atoms with Crippen LogP contribution in [0.1, 0.15) is 40.6 Å². The minimum atomic E-state index is -0.581. The number of nitrogens with one attached hydrogen (secondary N) is 1. The Morgan fingerprint density at radius 1 is 1.03 bits per heavy atom. The second-order valence-electron chi connectivity index (χ2n) is 6.42. The lowest BCUT2D eigenvalue weighted by Gasteiger charge is -2.15. The summed E-state index contributed by atoms with van der Waals surface area (Å²) in [6.07, 6.45) is 1.63. The quantitative estimate of drug-likeness (QED) is 0.643. The van der Waals surface area contributed by atoms with Crippen molar-refractivity contribution in [3.63, 3.8) is 0 Å². The third-order valence-corrected chi connectivity index (χ3v) is 4.61. The van der Waals surface area contributed by atoms with Crippen LogP contribution in [0.3, 0.4) is 0 Å². The molecule has 0 radical (unpaired) electrons. The van der Waals surface area contributed by atoms with Crippen LogP contribution in [0.4, 0.5) is 5.69 Å². The zero-order chi connectivity index (χ0) is 21.0. The Labute approximate surface area is 168 Å². The number of amides is 1. The summed E-state index contributed by atoms with van der Waals surface area (Å²) in [5, 5.41) is 3.55. The number of ether oxygens (including phenoxy) is 2. The molecule has 1 aromatic heterocycles. The summed E-state index contributed by atoms with van der Waals surface area (Å²) in [6.45, 7) is 3.79. The first kappa shape index (κ1) is 20.1. The summed E-state index contributed by atoms with van der Waals surface area (Å²) in [7, 11) is 1.32. The van der Waals surface area contributed by atoms with Crippen molar-refractivity contribution < 1.29 is 23.9 Å². The summed E-state index contributed by atoms with van der Waals surface area (Å²) in [5.74, 6) is -1.12. The minimum absolute atomic E-state index is 0.258. The maximum Gasteiger partial charge on any atom is 0.340 e. The highest BCUT2D eigenvalue weighted by Crippen LogP contribution is 2.26. The summed E-state index contributed by atoms with van der Waals surface area (Å²) in [4.78, 5) is 36.6. The zero-order valence-corrected chi connectivity index (χ0v) is 16.5. The van der Waals surface area contributed by atoms with Crippen LogP contribution in [0, 0.1) is 0 Å². The van der Waals surface area contributed by atoms with Gasteiger partial charge in [0.15, 0.2) is 0 Å². The number of esters is 2. The van der Waals surface area contributed by atoms with Gasteiger partial charge in [-0.15, -0.1) is 0 Å². The molecule has 150 valence electrons. The van der Waals surface area contributed by atoms with Gasteiger partial charge in [0.25, 0.3) is 0 Å². The predicted octanol–water partition coefficient (Wildman–Crippen LogP) is 3.80. The van der Waals surface area contributed by atoms with Gasteiger partial charge in [0.1, 0.15) is 6.04 Å². The van der Waals surface area contributed by atoms with Crippen molar-refractivity contribution in [2.45, 2.75) is 19.9 Å². The normalized spacial score (nSPS) is 11.7. The Kier molecular flexibility index (Phi) is 5.97. The third-order valence-electron chi connectivity index (χ3n) is 4.61. The van der Waals surface area contributed by atoms with Gasteiger partial charge >= 0.3 is 11.9 Å². The summed E-state index contributed by atoms with van der Waals surface area (Å²) in [5.41, 5.74) is 2.13. The Morgan fingerprint density at radius 3 is 2.38 bits per heavy atom. The SMILES string of the molecule is CCOC(=O)c1ccc(NC(=O)[C@@H](C)n2cc(C(=O)OC)c3ccccc32)cc1. The van der Waals surface area contributed by atoms with Gasteiger partial charge < -0.3 is 19.4 Å². The number of carbonyl (C=O) groups is 3. The monoisotopic (exact) mass is 394 g/mol. The highest BCUT2D eigenvalue weighted by atomic mass is 16.5. The molecule has 3 rings (SSSR count). The number of methoxy groups -OCH3 is 1. The second-order valence-corrected chi connectivity index (χ2v) is 6.42. The van der Waals surface area contributed by atoms with Gasteiger partial charge in [-0.3, -0.25) is 4.79 Å². The van der Waals surface area contributed by atoms with Crippen LogP contribution >= 0.6 is 0 Å². The minimum Gasteiger partial charge on any atom is -0.465 e. The van der Waals surface area contributed by atoms with Gasteiger partial charge in [-0.2, -0.15) is 0 Å². The molecule has 7 nitrogen and oxygen atoms in total. The molecule has 29 heavy (non-hydrogen) atoms. The highest BCUT2D eigenvalue weighted by molar-refractivity contribution is 6.05. The fourth-order valence-corrected chi connectivity index (χ4v) is 3.07. The average molecular weight is 394 g/mol. The molecule has 2 aromatic carbocycles. The second kappa shape index (κ2) is 8.60. The number of para-hydroxylation sites is 1. The maximum atomic E-state index is 12.8. The van der Waals surface area contributed by atoms with Gasteiger partial charge in [0.2, 0.25) is 5.91 Å². The molecule has 0 unspecified atom stereocenters. The van der Waals surface area contributed by atoms with Crippen molar-refractivity contribution in [3.8, 4) is 0 Å². The maximum absolute atomic E-state index is 12.8. The lowest BCUT2D eigenvalue weighted by molar-refractivity contribution is -0.118. The molecule has 1 heterocycles. The lowest BCUT2D eigenvalue weighted by Crippen LogP contribution is -2.23. The fraction of sp³-hybridized carbons (Fsp3) is 0.227. The van der Waals surface area contributed by atoms with Crippen molar-refractivity contribution >= 4 is 34.4 Å². The van der Waals surface area contributed by atoms with Gasteiger partial charge in [0, 0.05) is 22.8 Å². The van der Waals surface area contributed by atoms with E-state index in [9.17, 15) is 14.4 Å². The van der Waals surface area contributed by atoms with Crippen molar-refractivity contribution in [3.05, 3.63) is 65.9 Å². The molecule has 0 aliphatic carbocycles. The molecular weight excluding hydrogens is 372 g/mol. The van der Waals surface area contributed by atoms with Gasteiger partial charge in [0.05, 0.1) is 24.8 Å². The van der Waals surface area contributed by atoms with Crippen LogP contribution in [0.5, 0.6) is 0 Å². The largest absolute Gasteiger partial charge is 0.465 e. The van der Waals surface area contributed by atoms with Crippen LogP contribution in [0.2, 0.25) is 0 Å². The van der Waals surface area contributed by atoms with E-state index in [1.54, 1.807) is 48.9 Å². The van der Waals surface area contributed by atoms with E-state index in [-0.39, 0.29) is 5.91 Å². The van der Waals surface area contributed by atoms with Gasteiger partial charge in [-0.25, -0.2) is 9.59 Å². The third kappa shape index (κ3) is 4.13. The summed E-state index contributed by atoms with van der Waals surface area (Å²) >= 11 is 0. The Morgan fingerprint density at radius 2 is 1.72 bits per heavy atom. The zero-order valence-electron chi connectivity index (χ0n) is 16.5. The molecule has 1 atom stereocenters. The summed E-state index contributed by atoms with van der Waals surface area (Å²) < 4.78 is 11.5. The fourth-order valence-electron chi connectivity index (χ4n) is 3.07. The molecule has 0 fully saturated rings. The van der Waals surface area contributed by atoms with Crippen molar-refractivity contribution in [1.82, 2.24) is 4.57 Å². The number of hydrogen-bond donors (Lipinski definition) is 1. The molecule has 0 aliphatic heterocycles.